The van der Waals surface area contributed by atoms with Crippen molar-refractivity contribution in [3.8, 4) is 0 Å². The van der Waals surface area contributed by atoms with Crippen LogP contribution in [0.4, 0.5) is 0 Å². The van der Waals surface area contributed by atoms with Crippen LogP contribution in [0.3, 0.4) is 0 Å². The van der Waals surface area contributed by atoms with Crippen LogP contribution in [-0.4, -0.2) is 36.0 Å². The normalized spacial score (nSPS) is 23.9. The van der Waals surface area contributed by atoms with Crippen LogP contribution in [0.5, 0.6) is 0 Å². The Morgan fingerprint density at radius 3 is 2.53 bits per heavy atom. The highest BCUT2D eigenvalue weighted by molar-refractivity contribution is 5.82. The summed E-state index contributed by atoms with van der Waals surface area (Å²) in [5.74, 6) is 0.337. The summed E-state index contributed by atoms with van der Waals surface area (Å²) in [6, 6.07) is 0.708. The molecule has 3 nitrogen and oxygen atoms in total. The van der Waals surface area contributed by atoms with Gasteiger partial charge in [0.25, 0.3) is 0 Å². The van der Waals surface area contributed by atoms with Crippen molar-refractivity contribution in [3.63, 3.8) is 0 Å². The first-order chi connectivity index (χ1) is 7.31. The molecule has 0 spiro atoms. The Kier molecular flexibility index (Phi) is 3.62. The van der Waals surface area contributed by atoms with Crippen molar-refractivity contribution >= 4 is 5.91 Å². The lowest BCUT2D eigenvalue weighted by Crippen LogP contribution is -2.48. The monoisotopic (exact) mass is 210 g/mol. The summed E-state index contributed by atoms with van der Waals surface area (Å²) in [4.78, 5) is 14.2. The van der Waals surface area contributed by atoms with Gasteiger partial charge in [-0.15, -0.1) is 0 Å². The molecular weight excluding hydrogens is 188 g/mol. The lowest BCUT2D eigenvalue weighted by Gasteiger charge is -2.30. The molecule has 1 heterocycles. The molecule has 0 aromatic heterocycles. The Morgan fingerprint density at radius 1 is 1.33 bits per heavy atom. The lowest BCUT2D eigenvalue weighted by atomic mass is 10.1. The third kappa shape index (κ3) is 2.94. The maximum atomic E-state index is 12.2. The number of piperidine rings is 1. The van der Waals surface area contributed by atoms with E-state index in [1.807, 2.05) is 4.90 Å². The minimum absolute atomic E-state index is 0.0793. The third-order valence-electron chi connectivity index (χ3n) is 3.39. The van der Waals surface area contributed by atoms with Crippen molar-refractivity contribution in [2.24, 2.45) is 0 Å². The summed E-state index contributed by atoms with van der Waals surface area (Å²) in [5.41, 5.74) is 0. The first kappa shape index (κ1) is 10.9. The molecule has 2 aliphatic rings. The summed E-state index contributed by atoms with van der Waals surface area (Å²) in [6.45, 7) is 4.05. The fourth-order valence-corrected chi connectivity index (χ4v) is 2.23. The molecule has 86 valence electrons. The maximum Gasteiger partial charge on any atom is 0.239 e. The van der Waals surface area contributed by atoms with Crippen LogP contribution >= 0.6 is 0 Å². The highest BCUT2D eigenvalue weighted by atomic mass is 16.2. The summed E-state index contributed by atoms with van der Waals surface area (Å²) in [5, 5.41) is 3.45. The molecule has 3 heteroatoms. The van der Waals surface area contributed by atoms with E-state index < -0.39 is 0 Å². The molecule has 1 unspecified atom stereocenters. The number of carbonyl (C=O) groups excluding carboxylic acids is 1. The van der Waals surface area contributed by atoms with E-state index in [1.165, 1.54) is 32.1 Å². The average Bonchev–Trinajstić information content (AvgIpc) is 3.10. The van der Waals surface area contributed by atoms with E-state index >= 15 is 0 Å². The Hall–Kier alpha value is -0.570. The van der Waals surface area contributed by atoms with Crippen molar-refractivity contribution in [1.29, 1.82) is 0 Å². The predicted octanol–water partition coefficient (Wildman–Crippen LogP) is 1.53. The Morgan fingerprint density at radius 2 is 2.00 bits per heavy atom. The van der Waals surface area contributed by atoms with Crippen LogP contribution in [-0.2, 0) is 4.79 Å². The second kappa shape index (κ2) is 4.97. The van der Waals surface area contributed by atoms with Crippen LogP contribution in [0.1, 0.15) is 45.4 Å². The van der Waals surface area contributed by atoms with Crippen LogP contribution in [0.2, 0.25) is 0 Å². The summed E-state index contributed by atoms with van der Waals surface area (Å²) in [6.07, 6.45) is 7.09. The van der Waals surface area contributed by atoms with Gasteiger partial charge in [-0.1, -0.05) is 6.92 Å². The molecule has 1 amide bonds. The highest BCUT2D eigenvalue weighted by Gasteiger charge is 2.30. The molecule has 1 aliphatic heterocycles. The molecule has 0 aromatic carbocycles. The number of rotatable bonds is 4. The first-order valence-electron chi connectivity index (χ1n) is 6.36. The molecule has 15 heavy (non-hydrogen) atoms. The van der Waals surface area contributed by atoms with Gasteiger partial charge < -0.3 is 10.2 Å². The summed E-state index contributed by atoms with van der Waals surface area (Å²) < 4.78 is 0. The molecule has 1 saturated heterocycles. The maximum absolute atomic E-state index is 12.2. The SMILES string of the molecule is CCC(NC1CC1)C(=O)N1CCCCC1. The van der Waals surface area contributed by atoms with Crippen molar-refractivity contribution in [3.05, 3.63) is 0 Å². The number of hydrogen-bond donors (Lipinski definition) is 1. The Labute approximate surface area is 92.2 Å². The molecule has 1 N–H and O–H groups in total. The van der Waals surface area contributed by atoms with Gasteiger partial charge in [0.05, 0.1) is 6.04 Å². The van der Waals surface area contributed by atoms with Crippen molar-refractivity contribution < 1.29 is 4.79 Å². The molecule has 1 saturated carbocycles. The minimum atomic E-state index is 0.0793. The Bertz CT molecular complexity index is 220. The van der Waals surface area contributed by atoms with Gasteiger partial charge in [0.2, 0.25) is 5.91 Å². The second-order valence-corrected chi connectivity index (χ2v) is 4.79. The van der Waals surface area contributed by atoms with Gasteiger partial charge in [-0.3, -0.25) is 4.79 Å². The van der Waals surface area contributed by atoms with Gasteiger partial charge in [0, 0.05) is 19.1 Å². The number of hydrogen-bond acceptors (Lipinski definition) is 2. The zero-order valence-electron chi connectivity index (χ0n) is 9.67. The molecule has 0 radical (unpaired) electrons. The number of likely N-dealkylation sites (tertiary alicyclic amines) is 1. The molecule has 1 aliphatic carbocycles. The standard InChI is InChI=1S/C12H22N2O/c1-2-11(13-10-6-7-10)12(15)14-8-4-3-5-9-14/h10-11,13H,2-9H2,1H3. The average molecular weight is 210 g/mol. The fourth-order valence-electron chi connectivity index (χ4n) is 2.23. The lowest BCUT2D eigenvalue weighted by molar-refractivity contribution is -0.134. The van der Waals surface area contributed by atoms with Gasteiger partial charge in [0.1, 0.15) is 0 Å². The van der Waals surface area contributed by atoms with Crippen molar-refractivity contribution in [1.82, 2.24) is 10.2 Å². The van der Waals surface area contributed by atoms with E-state index in [2.05, 4.69) is 12.2 Å². The van der Waals surface area contributed by atoms with E-state index in [-0.39, 0.29) is 6.04 Å². The van der Waals surface area contributed by atoms with Crippen LogP contribution in [0.15, 0.2) is 0 Å². The topological polar surface area (TPSA) is 32.3 Å². The molecule has 2 rings (SSSR count). The largest absolute Gasteiger partial charge is 0.341 e. The minimum Gasteiger partial charge on any atom is -0.341 e. The summed E-state index contributed by atoms with van der Waals surface area (Å²) in [7, 11) is 0. The fraction of sp³-hybridized carbons (Fsp3) is 0.917. The molecule has 0 bridgehead atoms. The number of nitrogens with zero attached hydrogens (tertiary/aromatic N) is 1. The summed E-state index contributed by atoms with van der Waals surface area (Å²) >= 11 is 0. The Balaban J connectivity index is 1.84. The van der Waals surface area contributed by atoms with Crippen LogP contribution in [0, 0.1) is 0 Å². The van der Waals surface area contributed by atoms with Crippen LogP contribution < -0.4 is 5.32 Å². The predicted molar refractivity (Wildman–Crippen MR) is 60.7 cm³/mol. The third-order valence-corrected chi connectivity index (χ3v) is 3.39. The van der Waals surface area contributed by atoms with Crippen molar-refractivity contribution in [2.75, 3.05) is 13.1 Å². The van der Waals surface area contributed by atoms with Gasteiger partial charge in [0.15, 0.2) is 0 Å². The van der Waals surface area contributed by atoms with E-state index in [0.29, 0.717) is 11.9 Å². The van der Waals surface area contributed by atoms with Gasteiger partial charge in [-0.25, -0.2) is 0 Å². The molecule has 0 aromatic rings. The van der Waals surface area contributed by atoms with E-state index in [9.17, 15) is 4.79 Å². The second-order valence-electron chi connectivity index (χ2n) is 4.79. The van der Waals surface area contributed by atoms with Gasteiger partial charge in [-0.2, -0.15) is 0 Å². The van der Waals surface area contributed by atoms with E-state index in [1.54, 1.807) is 0 Å². The molecular formula is C12H22N2O. The van der Waals surface area contributed by atoms with Crippen molar-refractivity contribution in [2.45, 2.75) is 57.5 Å². The molecule has 2 fully saturated rings. The van der Waals surface area contributed by atoms with Gasteiger partial charge in [-0.05, 0) is 38.5 Å². The quantitative estimate of drug-likeness (QED) is 0.763. The van der Waals surface area contributed by atoms with Crippen LogP contribution in [0.25, 0.3) is 0 Å². The highest BCUT2D eigenvalue weighted by Crippen LogP contribution is 2.21. The van der Waals surface area contributed by atoms with E-state index in [0.717, 1.165) is 19.5 Å². The zero-order chi connectivity index (χ0) is 10.7. The smallest absolute Gasteiger partial charge is 0.239 e. The molecule has 1 atom stereocenters. The zero-order valence-corrected chi connectivity index (χ0v) is 9.67. The van der Waals surface area contributed by atoms with E-state index in [4.69, 9.17) is 0 Å². The number of carbonyl (C=O) groups is 1. The van der Waals surface area contributed by atoms with Gasteiger partial charge >= 0.3 is 0 Å². The number of amides is 1. The first-order valence-corrected chi connectivity index (χ1v) is 6.36. The number of nitrogens with one attached hydrogen (secondary N) is 1.